The number of nitrogens with one attached hydrogen (secondary N) is 1. The molecule has 28 heavy (non-hydrogen) atoms. The first kappa shape index (κ1) is 18.3. The zero-order valence-corrected chi connectivity index (χ0v) is 16.1. The minimum absolute atomic E-state index is 0.0885. The van der Waals surface area contributed by atoms with Crippen LogP contribution in [0.25, 0.3) is 10.9 Å². The number of carbonyl (C=O) groups is 2. The van der Waals surface area contributed by atoms with E-state index in [0.717, 1.165) is 35.9 Å². The Labute approximate surface area is 163 Å². The van der Waals surface area contributed by atoms with Crippen LogP contribution in [0.1, 0.15) is 61.1 Å². The van der Waals surface area contributed by atoms with E-state index in [9.17, 15) is 9.59 Å². The number of carboxylic acid groups (broad SMARTS) is 1. The molecule has 146 valence electrons. The van der Waals surface area contributed by atoms with Crippen LogP contribution < -0.4 is 5.32 Å². The predicted octanol–water partition coefficient (Wildman–Crippen LogP) is 4.02. The molecule has 2 N–H and O–H groups in total. The van der Waals surface area contributed by atoms with Crippen molar-refractivity contribution in [1.29, 1.82) is 0 Å². The number of rotatable bonds is 7. The van der Waals surface area contributed by atoms with E-state index >= 15 is 0 Å². The summed E-state index contributed by atoms with van der Waals surface area (Å²) in [7, 11) is 0. The number of carbonyl (C=O) groups excluding carboxylic acids is 1. The molecule has 0 spiro atoms. The zero-order valence-electron chi connectivity index (χ0n) is 16.1. The third kappa shape index (κ3) is 3.40. The van der Waals surface area contributed by atoms with Gasteiger partial charge in [0.2, 0.25) is 0 Å². The maximum atomic E-state index is 12.9. The van der Waals surface area contributed by atoms with E-state index in [1.54, 1.807) is 23.0 Å². The summed E-state index contributed by atoms with van der Waals surface area (Å²) in [6.45, 7) is 4.15. The lowest BCUT2D eigenvalue weighted by Gasteiger charge is -2.14. The molecule has 1 saturated carbocycles. The van der Waals surface area contributed by atoms with Crippen molar-refractivity contribution >= 4 is 28.5 Å². The number of fused-ring (bicyclic) bond motifs is 1. The minimum Gasteiger partial charge on any atom is -0.480 e. The molecule has 1 aliphatic carbocycles. The van der Waals surface area contributed by atoms with Gasteiger partial charge in [-0.2, -0.15) is 5.10 Å². The Kier molecular flexibility index (Phi) is 4.66. The van der Waals surface area contributed by atoms with Gasteiger partial charge in [-0.25, -0.2) is 0 Å². The Bertz CT molecular complexity index is 1050. The molecular formula is C21H24N4O3. The molecule has 0 bridgehead atoms. The molecule has 1 aromatic carbocycles. The van der Waals surface area contributed by atoms with E-state index in [0.29, 0.717) is 17.2 Å². The fourth-order valence-electron chi connectivity index (χ4n) is 3.59. The molecule has 3 aromatic rings. The fourth-order valence-corrected chi connectivity index (χ4v) is 3.59. The van der Waals surface area contributed by atoms with Crippen LogP contribution in [0.3, 0.4) is 0 Å². The van der Waals surface area contributed by atoms with Crippen molar-refractivity contribution in [2.75, 3.05) is 5.32 Å². The Morgan fingerprint density at radius 2 is 2.11 bits per heavy atom. The second-order valence-electron chi connectivity index (χ2n) is 7.48. The summed E-state index contributed by atoms with van der Waals surface area (Å²) in [5, 5.41) is 17.3. The number of carboxylic acids is 1. The van der Waals surface area contributed by atoms with Gasteiger partial charge in [0.15, 0.2) is 0 Å². The third-order valence-corrected chi connectivity index (χ3v) is 5.39. The topological polar surface area (TPSA) is 89.2 Å². The van der Waals surface area contributed by atoms with Gasteiger partial charge in [-0.1, -0.05) is 6.92 Å². The summed E-state index contributed by atoms with van der Waals surface area (Å²) >= 11 is 0. The normalized spacial score (nSPS) is 14.9. The monoisotopic (exact) mass is 380 g/mol. The average molecular weight is 380 g/mol. The van der Waals surface area contributed by atoms with Gasteiger partial charge < -0.3 is 15.0 Å². The maximum absolute atomic E-state index is 12.9. The molecule has 1 atom stereocenters. The van der Waals surface area contributed by atoms with Crippen LogP contribution in [0.15, 0.2) is 36.7 Å². The molecule has 1 amide bonds. The zero-order chi connectivity index (χ0) is 19.8. The van der Waals surface area contributed by atoms with Crippen molar-refractivity contribution in [3.8, 4) is 0 Å². The van der Waals surface area contributed by atoms with Gasteiger partial charge >= 0.3 is 5.97 Å². The van der Waals surface area contributed by atoms with Crippen LogP contribution >= 0.6 is 0 Å². The van der Waals surface area contributed by atoms with E-state index in [1.165, 1.54) is 0 Å². The quantitative estimate of drug-likeness (QED) is 0.648. The fraction of sp³-hybridized carbons (Fsp3) is 0.381. The molecule has 1 fully saturated rings. The van der Waals surface area contributed by atoms with Gasteiger partial charge in [-0.15, -0.1) is 0 Å². The summed E-state index contributed by atoms with van der Waals surface area (Å²) in [5.41, 5.74) is 3.19. The molecule has 2 aromatic heterocycles. The number of hydrogen-bond donors (Lipinski definition) is 2. The highest BCUT2D eigenvalue weighted by molar-refractivity contribution is 6.06. The van der Waals surface area contributed by atoms with Crippen LogP contribution in [0.4, 0.5) is 5.69 Å². The number of benzene rings is 1. The second-order valence-corrected chi connectivity index (χ2v) is 7.48. The smallest absolute Gasteiger partial charge is 0.323 e. The largest absolute Gasteiger partial charge is 0.480 e. The molecule has 2 heterocycles. The average Bonchev–Trinajstić information content (AvgIpc) is 3.29. The number of aromatic nitrogens is 3. The Balaban J connectivity index is 1.59. The molecule has 7 heteroatoms. The van der Waals surface area contributed by atoms with Gasteiger partial charge in [-0.3, -0.25) is 14.3 Å². The van der Waals surface area contributed by atoms with E-state index in [2.05, 4.69) is 24.3 Å². The molecule has 7 nitrogen and oxygen atoms in total. The molecule has 4 rings (SSSR count). The lowest BCUT2D eigenvalue weighted by Crippen LogP contribution is -2.16. The predicted molar refractivity (Wildman–Crippen MR) is 107 cm³/mol. The van der Waals surface area contributed by atoms with E-state index in [4.69, 9.17) is 5.11 Å². The standard InChI is InChI=1S/C21H24N4O3/c1-3-13(2)25-20(14-4-5-14)17(11-22-25)21(28)23-16-6-7-18-15(10-16)8-9-24(18)12-19(26)27/h6-11,13-14H,3-5,12H2,1-2H3,(H,23,28)(H,26,27). The Morgan fingerprint density at radius 1 is 1.32 bits per heavy atom. The van der Waals surface area contributed by atoms with Gasteiger partial charge in [0, 0.05) is 34.7 Å². The first-order valence-corrected chi connectivity index (χ1v) is 9.67. The highest BCUT2D eigenvalue weighted by Crippen LogP contribution is 2.42. The van der Waals surface area contributed by atoms with Crippen molar-refractivity contribution in [3.05, 3.63) is 47.9 Å². The third-order valence-electron chi connectivity index (χ3n) is 5.39. The summed E-state index contributed by atoms with van der Waals surface area (Å²) in [4.78, 5) is 23.9. The van der Waals surface area contributed by atoms with E-state index in [-0.39, 0.29) is 18.5 Å². The van der Waals surface area contributed by atoms with Gasteiger partial charge in [-0.05, 0) is 50.5 Å². The highest BCUT2D eigenvalue weighted by Gasteiger charge is 2.33. The SMILES string of the molecule is CCC(C)n1ncc(C(=O)Nc2ccc3c(ccn3CC(=O)O)c2)c1C1CC1. The minimum atomic E-state index is -0.888. The second kappa shape index (κ2) is 7.14. The van der Waals surface area contributed by atoms with Crippen molar-refractivity contribution in [2.24, 2.45) is 0 Å². The first-order valence-electron chi connectivity index (χ1n) is 9.67. The summed E-state index contributed by atoms with van der Waals surface area (Å²) in [6.07, 6.45) is 6.59. The Morgan fingerprint density at radius 3 is 2.79 bits per heavy atom. The lowest BCUT2D eigenvalue weighted by atomic mass is 10.1. The maximum Gasteiger partial charge on any atom is 0.323 e. The van der Waals surface area contributed by atoms with Crippen molar-refractivity contribution in [2.45, 2.75) is 51.6 Å². The summed E-state index contributed by atoms with van der Waals surface area (Å²) in [6, 6.07) is 7.61. The summed E-state index contributed by atoms with van der Waals surface area (Å²) in [5.74, 6) is -0.619. The summed E-state index contributed by atoms with van der Waals surface area (Å²) < 4.78 is 3.67. The number of aliphatic carboxylic acids is 1. The highest BCUT2D eigenvalue weighted by atomic mass is 16.4. The van der Waals surface area contributed by atoms with Crippen LogP contribution in [-0.4, -0.2) is 31.3 Å². The Hall–Kier alpha value is -3.09. The number of hydrogen-bond acceptors (Lipinski definition) is 3. The van der Waals surface area contributed by atoms with Crippen molar-refractivity contribution in [3.63, 3.8) is 0 Å². The van der Waals surface area contributed by atoms with Crippen LogP contribution in [0.2, 0.25) is 0 Å². The van der Waals surface area contributed by atoms with Gasteiger partial charge in [0.1, 0.15) is 6.54 Å². The van der Waals surface area contributed by atoms with E-state index < -0.39 is 5.97 Å². The number of anilines is 1. The van der Waals surface area contributed by atoms with Crippen LogP contribution in [0, 0.1) is 0 Å². The molecule has 1 aliphatic rings. The molecular weight excluding hydrogens is 356 g/mol. The van der Waals surface area contributed by atoms with Gasteiger partial charge in [0.05, 0.1) is 17.5 Å². The van der Waals surface area contributed by atoms with Crippen LogP contribution in [0.5, 0.6) is 0 Å². The van der Waals surface area contributed by atoms with Crippen molar-refractivity contribution < 1.29 is 14.7 Å². The first-order chi connectivity index (χ1) is 13.5. The van der Waals surface area contributed by atoms with Crippen molar-refractivity contribution in [1.82, 2.24) is 14.3 Å². The van der Waals surface area contributed by atoms with E-state index in [1.807, 2.05) is 22.9 Å². The van der Waals surface area contributed by atoms with Gasteiger partial charge in [0.25, 0.3) is 5.91 Å². The number of nitrogens with zero attached hydrogens (tertiary/aromatic N) is 3. The molecule has 0 aliphatic heterocycles. The lowest BCUT2D eigenvalue weighted by molar-refractivity contribution is -0.137. The molecule has 0 saturated heterocycles. The molecule has 0 radical (unpaired) electrons. The number of amides is 1. The molecule has 1 unspecified atom stereocenters. The van der Waals surface area contributed by atoms with Crippen LogP contribution in [-0.2, 0) is 11.3 Å².